The summed E-state index contributed by atoms with van der Waals surface area (Å²) in [7, 11) is 0. The molecule has 1 saturated heterocycles. The van der Waals surface area contributed by atoms with E-state index in [1.54, 1.807) is 34.1 Å². The van der Waals surface area contributed by atoms with Gasteiger partial charge in [0.15, 0.2) is 36.3 Å². The van der Waals surface area contributed by atoms with Crippen molar-refractivity contribution in [3.8, 4) is 11.5 Å². The van der Waals surface area contributed by atoms with Crippen LogP contribution in [0, 0.1) is 25.5 Å². The van der Waals surface area contributed by atoms with Crippen LogP contribution in [-0.2, 0) is 9.59 Å². The molecule has 1 aliphatic rings. The molecule has 1 heterocycles. The van der Waals surface area contributed by atoms with E-state index in [4.69, 9.17) is 9.47 Å². The number of hydrogen-bond acceptors (Lipinski definition) is 4. The molecule has 31 heavy (non-hydrogen) atoms. The molecule has 3 rings (SSSR count). The van der Waals surface area contributed by atoms with Crippen molar-refractivity contribution in [2.24, 2.45) is 0 Å². The van der Waals surface area contributed by atoms with Gasteiger partial charge in [0.05, 0.1) is 0 Å². The van der Waals surface area contributed by atoms with Crippen LogP contribution in [0.15, 0.2) is 36.4 Å². The topological polar surface area (TPSA) is 59.1 Å². The second-order valence-corrected chi connectivity index (χ2v) is 7.56. The Balaban J connectivity index is 1.48. The van der Waals surface area contributed by atoms with E-state index in [1.807, 2.05) is 13.8 Å². The summed E-state index contributed by atoms with van der Waals surface area (Å²) in [6.07, 6.45) is 0.592. The van der Waals surface area contributed by atoms with Gasteiger partial charge in [0, 0.05) is 26.2 Å². The average molecular weight is 432 g/mol. The molecule has 166 valence electrons. The Morgan fingerprint density at radius 3 is 1.61 bits per heavy atom. The van der Waals surface area contributed by atoms with Crippen molar-refractivity contribution in [3.05, 3.63) is 59.2 Å². The van der Waals surface area contributed by atoms with Crippen LogP contribution in [0.1, 0.15) is 17.5 Å². The van der Waals surface area contributed by atoms with Gasteiger partial charge in [0.1, 0.15) is 0 Å². The summed E-state index contributed by atoms with van der Waals surface area (Å²) in [5.41, 5.74) is 1.67. The van der Waals surface area contributed by atoms with Gasteiger partial charge in [-0.2, -0.15) is 0 Å². The lowest BCUT2D eigenvalue weighted by Crippen LogP contribution is -2.40. The van der Waals surface area contributed by atoms with Crippen LogP contribution in [0.25, 0.3) is 0 Å². The summed E-state index contributed by atoms with van der Waals surface area (Å²) in [6.45, 7) is 4.68. The van der Waals surface area contributed by atoms with Crippen LogP contribution >= 0.6 is 0 Å². The minimum absolute atomic E-state index is 0.0421. The van der Waals surface area contributed by atoms with Crippen LogP contribution in [0.2, 0.25) is 0 Å². The van der Waals surface area contributed by atoms with E-state index in [0.29, 0.717) is 32.6 Å². The van der Waals surface area contributed by atoms with Crippen LogP contribution in [-0.4, -0.2) is 61.0 Å². The number of carbonyl (C=O) groups is 2. The number of rotatable bonds is 6. The van der Waals surface area contributed by atoms with E-state index < -0.39 is 11.6 Å². The van der Waals surface area contributed by atoms with Crippen molar-refractivity contribution >= 4 is 11.8 Å². The number of aryl methyl sites for hydroxylation is 2. The molecule has 2 aromatic carbocycles. The molecule has 0 spiro atoms. The summed E-state index contributed by atoms with van der Waals surface area (Å²) in [4.78, 5) is 28.2. The van der Waals surface area contributed by atoms with Crippen molar-refractivity contribution in [2.45, 2.75) is 20.3 Å². The van der Waals surface area contributed by atoms with E-state index in [2.05, 4.69) is 0 Å². The first kappa shape index (κ1) is 22.5. The van der Waals surface area contributed by atoms with Gasteiger partial charge in [-0.25, -0.2) is 8.78 Å². The summed E-state index contributed by atoms with van der Waals surface area (Å²) in [5, 5.41) is 0. The molecular weight excluding hydrogens is 406 g/mol. The largest absolute Gasteiger partial charge is 0.481 e. The van der Waals surface area contributed by atoms with Gasteiger partial charge >= 0.3 is 0 Å². The van der Waals surface area contributed by atoms with Crippen LogP contribution < -0.4 is 9.47 Å². The minimum Gasteiger partial charge on any atom is -0.481 e. The molecule has 0 bridgehead atoms. The molecule has 2 amide bonds. The summed E-state index contributed by atoms with van der Waals surface area (Å²) in [5.74, 6) is -1.49. The van der Waals surface area contributed by atoms with Gasteiger partial charge in [-0.15, -0.1) is 0 Å². The highest BCUT2D eigenvalue weighted by molar-refractivity contribution is 5.79. The van der Waals surface area contributed by atoms with Crippen molar-refractivity contribution in [2.75, 3.05) is 39.4 Å². The number of hydrogen-bond donors (Lipinski definition) is 0. The van der Waals surface area contributed by atoms with Gasteiger partial charge in [-0.1, -0.05) is 12.1 Å². The number of nitrogens with zero attached hydrogens (tertiary/aromatic N) is 2. The van der Waals surface area contributed by atoms with Gasteiger partial charge < -0.3 is 19.3 Å². The monoisotopic (exact) mass is 432 g/mol. The van der Waals surface area contributed by atoms with Crippen molar-refractivity contribution in [3.63, 3.8) is 0 Å². The molecule has 0 unspecified atom stereocenters. The van der Waals surface area contributed by atoms with Crippen molar-refractivity contribution in [1.82, 2.24) is 9.80 Å². The normalized spacial score (nSPS) is 14.2. The quantitative estimate of drug-likeness (QED) is 0.704. The van der Waals surface area contributed by atoms with E-state index in [1.165, 1.54) is 12.1 Å². The predicted molar refractivity (Wildman–Crippen MR) is 111 cm³/mol. The Hall–Kier alpha value is -3.16. The Morgan fingerprint density at radius 1 is 0.774 bits per heavy atom. The standard InChI is InChI=1S/C23H26F2N2O4/c1-16-4-6-18(24)20(12-16)30-14-22(28)26-8-3-9-27(11-10-26)23(29)15-31-21-13-17(2)5-7-19(21)25/h4-7,12-13H,3,8-11,14-15H2,1-2H3. The third-order valence-corrected chi connectivity index (χ3v) is 5.08. The van der Waals surface area contributed by atoms with Crippen LogP contribution in [0.3, 0.4) is 0 Å². The lowest BCUT2D eigenvalue weighted by molar-refractivity contribution is -0.135. The summed E-state index contributed by atoms with van der Waals surface area (Å²) in [6, 6.07) is 8.94. The first-order valence-corrected chi connectivity index (χ1v) is 10.2. The molecule has 0 N–H and O–H groups in total. The highest BCUT2D eigenvalue weighted by atomic mass is 19.1. The maximum Gasteiger partial charge on any atom is 0.260 e. The molecule has 0 aliphatic carbocycles. The zero-order chi connectivity index (χ0) is 22.4. The van der Waals surface area contributed by atoms with Crippen molar-refractivity contribution in [1.29, 1.82) is 0 Å². The number of benzene rings is 2. The van der Waals surface area contributed by atoms with E-state index in [0.717, 1.165) is 11.1 Å². The Bertz CT molecular complexity index is 876. The maximum atomic E-state index is 13.8. The number of carbonyl (C=O) groups excluding carboxylic acids is 2. The Labute approximate surface area is 180 Å². The molecule has 0 aromatic heterocycles. The first-order valence-electron chi connectivity index (χ1n) is 10.2. The zero-order valence-corrected chi connectivity index (χ0v) is 17.7. The molecule has 2 aromatic rings. The minimum atomic E-state index is -0.518. The third-order valence-electron chi connectivity index (χ3n) is 5.08. The molecular formula is C23H26F2N2O4. The Kier molecular flexibility index (Phi) is 7.44. The molecule has 8 heteroatoms. The molecule has 1 fully saturated rings. The average Bonchev–Trinajstić information content (AvgIpc) is 3.01. The van der Waals surface area contributed by atoms with Crippen LogP contribution in [0.4, 0.5) is 8.78 Å². The molecule has 0 saturated carbocycles. The lowest BCUT2D eigenvalue weighted by atomic mass is 10.2. The summed E-state index contributed by atoms with van der Waals surface area (Å²) < 4.78 is 38.3. The fourth-order valence-electron chi connectivity index (χ4n) is 3.32. The van der Waals surface area contributed by atoms with E-state index >= 15 is 0 Å². The molecule has 1 aliphatic heterocycles. The van der Waals surface area contributed by atoms with Gasteiger partial charge in [0.2, 0.25) is 0 Å². The zero-order valence-electron chi connectivity index (χ0n) is 17.7. The number of ether oxygens (including phenoxy) is 2. The second-order valence-electron chi connectivity index (χ2n) is 7.56. The predicted octanol–water partition coefficient (Wildman–Crippen LogP) is 3.10. The second kappa shape index (κ2) is 10.2. The van der Waals surface area contributed by atoms with Gasteiger partial charge in [-0.05, 0) is 55.7 Å². The summed E-state index contributed by atoms with van der Waals surface area (Å²) >= 11 is 0. The van der Waals surface area contributed by atoms with Gasteiger partial charge in [0.25, 0.3) is 11.8 Å². The Morgan fingerprint density at radius 2 is 1.19 bits per heavy atom. The fraction of sp³-hybridized carbons (Fsp3) is 0.391. The van der Waals surface area contributed by atoms with E-state index in [-0.39, 0.29) is 36.5 Å². The highest BCUT2D eigenvalue weighted by Crippen LogP contribution is 2.19. The SMILES string of the molecule is Cc1ccc(F)c(OCC(=O)N2CCCN(C(=O)COc3cc(C)ccc3F)CC2)c1. The molecule has 0 radical (unpaired) electrons. The molecule has 0 atom stereocenters. The maximum absolute atomic E-state index is 13.8. The highest BCUT2D eigenvalue weighted by Gasteiger charge is 2.23. The van der Waals surface area contributed by atoms with Crippen molar-refractivity contribution < 1.29 is 27.8 Å². The molecule has 6 nitrogen and oxygen atoms in total. The van der Waals surface area contributed by atoms with E-state index in [9.17, 15) is 18.4 Å². The fourth-order valence-corrected chi connectivity index (χ4v) is 3.32. The van der Waals surface area contributed by atoms with Gasteiger partial charge in [-0.3, -0.25) is 9.59 Å². The smallest absolute Gasteiger partial charge is 0.260 e. The lowest BCUT2D eigenvalue weighted by Gasteiger charge is -2.22. The number of halogens is 2. The third kappa shape index (κ3) is 6.16. The first-order chi connectivity index (χ1) is 14.8. The number of amides is 2. The van der Waals surface area contributed by atoms with Crippen LogP contribution in [0.5, 0.6) is 11.5 Å².